The lowest BCUT2D eigenvalue weighted by Crippen LogP contribution is -2.43. The quantitative estimate of drug-likeness (QED) is 0.784. The van der Waals surface area contributed by atoms with Gasteiger partial charge in [-0.3, -0.25) is 0 Å². The second-order valence-electron chi connectivity index (χ2n) is 7.64. The lowest BCUT2D eigenvalue weighted by molar-refractivity contribution is 0.0583. The molecule has 0 aromatic carbocycles. The molecule has 2 fully saturated rings. The molecule has 0 saturated heterocycles. The molecule has 4 atom stereocenters. The van der Waals surface area contributed by atoms with Crippen LogP contribution in [-0.4, -0.2) is 26.1 Å². The molecular weight excluding hydrogens is 228 g/mol. The SMILES string of the molecule is CC(C)(C)[Si](C)(C)OCC1CC2CC1[C@H](O)C2. The van der Waals surface area contributed by atoms with Crippen LogP contribution in [0.5, 0.6) is 0 Å². The van der Waals surface area contributed by atoms with Crippen molar-refractivity contribution in [1.82, 2.24) is 0 Å². The molecule has 100 valence electrons. The third kappa shape index (κ3) is 2.61. The van der Waals surface area contributed by atoms with E-state index in [1.54, 1.807) is 0 Å². The molecule has 2 aliphatic rings. The summed E-state index contributed by atoms with van der Waals surface area (Å²) in [5.41, 5.74) is 0. The lowest BCUT2D eigenvalue weighted by Gasteiger charge is -2.38. The Labute approximate surface area is 107 Å². The normalized spacial score (nSPS) is 37.8. The molecule has 0 aromatic heterocycles. The van der Waals surface area contributed by atoms with Gasteiger partial charge in [0.25, 0.3) is 0 Å². The molecule has 2 aliphatic carbocycles. The number of aliphatic hydroxyl groups excluding tert-OH is 1. The van der Waals surface area contributed by atoms with Crippen molar-refractivity contribution in [3.63, 3.8) is 0 Å². The fourth-order valence-electron chi connectivity index (χ4n) is 3.18. The van der Waals surface area contributed by atoms with Gasteiger partial charge in [0.1, 0.15) is 0 Å². The molecule has 0 aliphatic heterocycles. The topological polar surface area (TPSA) is 29.5 Å². The molecule has 1 N–H and O–H groups in total. The zero-order valence-corrected chi connectivity index (χ0v) is 13.0. The Kier molecular flexibility index (Phi) is 3.48. The molecule has 0 amide bonds. The first-order valence-electron chi connectivity index (χ1n) is 7.03. The van der Waals surface area contributed by atoms with Crippen LogP contribution in [0, 0.1) is 17.8 Å². The van der Waals surface area contributed by atoms with Crippen LogP contribution < -0.4 is 0 Å². The van der Waals surface area contributed by atoms with Gasteiger partial charge in [0, 0.05) is 6.61 Å². The third-order valence-electron chi connectivity index (χ3n) is 5.38. The maximum absolute atomic E-state index is 9.93. The van der Waals surface area contributed by atoms with Crippen LogP contribution >= 0.6 is 0 Å². The highest BCUT2D eigenvalue weighted by Gasteiger charge is 2.46. The van der Waals surface area contributed by atoms with Crippen molar-refractivity contribution in [3.8, 4) is 0 Å². The van der Waals surface area contributed by atoms with Crippen LogP contribution in [0.1, 0.15) is 40.0 Å². The number of hydrogen-bond donors (Lipinski definition) is 1. The minimum absolute atomic E-state index is 0.0400. The highest BCUT2D eigenvalue weighted by molar-refractivity contribution is 6.74. The summed E-state index contributed by atoms with van der Waals surface area (Å²) in [5, 5.41) is 10.2. The Morgan fingerprint density at radius 2 is 1.82 bits per heavy atom. The van der Waals surface area contributed by atoms with E-state index >= 15 is 0 Å². The van der Waals surface area contributed by atoms with Crippen molar-refractivity contribution in [3.05, 3.63) is 0 Å². The summed E-state index contributed by atoms with van der Waals surface area (Å²) < 4.78 is 6.31. The van der Waals surface area contributed by atoms with E-state index in [0.29, 0.717) is 16.9 Å². The monoisotopic (exact) mass is 256 g/mol. The van der Waals surface area contributed by atoms with E-state index in [-0.39, 0.29) is 6.10 Å². The molecular formula is C14H28O2Si. The van der Waals surface area contributed by atoms with Gasteiger partial charge in [0.2, 0.25) is 0 Å². The zero-order chi connectivity index (χ0) is 12.8. The second kappa shape index (κ2) is 4.36. The highest BCUT2D eigenvalue weighted by atomic mass is 28.4. The second-order valence-corrected chi connectivity index (χ2v) is 12.4. The van der Waals surface area contributed by atoms with Crippen molar-refractivity contribution >= 4 is 8.32 Å². The summed E-state index contributed by atoms with van der Waals surface area (Å²) in [4.78, 5) is 0. The molecule has 3 heteroatoms. The molecule has 2 bridgehead atoms. The van der Waals surface area contributed by atoms with Crippen LogP contribution in [0.15, 0.2) is 0 Å². The van der Waals surface area contributed by atoms with Gasteiger partial charge in [-0.1, -0.05) is 20.8 Å². The van der Waals surface area contributed by atoms with E-state index in [4.69, 9.17) is 4.43 Å². The summed E-state index contributed by atoms with van der Waals surface area (Å²) in [7, 11) is -1.60. The Morgan fingerprint density at radius 1 is 1.18 bits per heavy atom. The Hall–Kier alpha value is 0.137. The number of aliphatic hydroxyl groups is 1. The van der Waals surface area contributed by atoms with E-state index in [0.717, 1.165) is 18.9 Å². The first kappa shape index (κ1) is 13.6. The zero-order valence-electron chi connectivity index (χ0n) is 12.0. The minimum Gasteiger partial charge on any atom is -0.417 e. The van der Waals surface area contributed by atoms with Crippen LogP contribution in [0.4, 0.5) is 0 Å². The van der Waals surface area contributed by atoms with Gasteiger partial charge in [-0.05, 0) is 55.1 Å². The summed E-state index contributed by atoms with van der Waals surface area (Å²) in [5.74, 6) is 1.94. The molecule has 17 heavy (non-hydrogen) atoms. The first-order valence-corrected chi connectivity index (χ1v) is 9.93. The number of fused-ring (bicyclic) bond motifs is 2. The lowest BCUT2D eigenvalue weighted by atomic mass is 9.87. The summed E-state index contributed by atoms with van der Waals surface area (Å²) in [6, 6.07) is 0. The van der Waals surface area contributed by atoms with E-state index < -0.39 is 8.32 Å². The molecule has 0 spiro atoms. The van der Waals surface area contributed by atoms with Crippen LogP contribution in [-0.2, 0) is 4.43 Å². The molecule has 3 unspecified atom stereocenters. The van der Waals surface area contributed by atoms with Crippen LogP contribution in [0.25, 0.3) is 0 Å². The van der Waals surface area contributed by atoms with E-state index in [2.05, 4.69) is 33.9 Å². The maximum atomic E-state index is 9.93. The standard InChI is InChI=1S/C14H28O2Si/c1-14(2,3)17(4,5)16-9-11-6-10-7-12(11)13(15)8-10/h10-13,15H,6-9H2,1-5H3/t10?,11?,12?,13-/m1/s1. The van der Waals surface area contributed by atoms with Gasteiger partial charge >= 0.3 is 0 Å². The van der Waals surface area contributed by atoms with Crippen LogP contribution in [0.2, 0.25) is 18.1 Å². The van der Waals surface area contributed by atoms with Gasteiger partial charge in [-0.25, -0.2) is 0 Å². The van der Waals surface area contributed by atoms with E-state index in [9.17, 15) is 5.11 Å². The van der Waals surface area contributed by atoms with Gasteiger partial charge < -0.3 is 9.53 Å². The average molecular weight is 256 g/mol. The molecule has 2 rings (SSSR count). The van der Waals surface area contributed by atoms with Gasteiger partial charge in [0.05, 0.1) is 6.10 Å². The number of hydrogen-bond acceptors (Lipinski definition) is 2. The largest absolute Gasteiger partial charge is 0.417 e. The molecule has 0 aromatic rings. The van der Waals surface area contributed by atoms with Gasteiger partial charge in [0.15, 0.2) is 8.32 Å². The summed E-state index contributed by atoms with van der Waals surface area (Å²) in [6.07, 6.45) is 3.53. The van der Waals surface area contributed by atoms with Crippen molar-refractivity contribution in [2.75, 3.05) is 6.61 Å². The van der Waals surface area contributed by atoms with Crippen molar-refractivity contribution < 1.29 is 9.53 Å². The Morgan fingerprint density at radius 3 is 2.29 bits per heavy atom. The highest BCUT2D eigenvalue weighted by Crippen LogP contribution is 2.49. The average Bonchev–Trinajstić information content (AvgIpc) is 2.71. The predicted molar refractivity (Wildman–Crippen MR) is 73.5 cm³/mol. The first-order chi connectivity index (χ1) is 7.71. The smallest absolute Gasteiger partial charge is 0.191 e. The van der Waals surface area contributed by atoms with Crippen molar-refractivity contribution in [2.24, 2.45) is 17.8 Å². The minimum atomic E-state index is -1.60. The van der Waals surface area contributed by atoms with Crippen molar-refractivity contribution in [1.29, 1.82) is 0 Å². The predicted octanol–water partition coefficient (Wildman–Crippen LogP) is 3.42. The summed E-state index contributed by atoms with van der Waals surface area (Å²) >= 11 is 0. The number of rotatable bonds is 3. The maximum Gasteiger partial charge on any atom is 0.191 e. The van der Waals surface area contributed by atoms with Crippen molar-refractivity contribution in [2.45, 2.75) is 64.3 Å². The third-order valence-corrected chi connectivity index (χ3v) is 9.88. The molecule has 2 nitrogen and oxygen atoms in total. The van der Waals surface area contributed by atoms with Gasteiger partial charge in [-0.2, -0.15) is 0 Å². The van der Waals surface area contributed by atoms with Crippen LogP contribution in [0.3, 0.4) is 0 Å². The summed E-state index contributed by atoms with van der Waals surface area (Å²) in [6.45, 7) is 12.4. The van der Waals surface area contributed by atoms with E-state index in [1.165, 1.54) is 12.8 Å². The van der Waals surface area contributed by atoms with Gasteiger partial charge in [-0.15, -0.1) is 0 Å². The van der Waals surface area contributed by atoms with E-state index in [1.807, 2.05) is 0 Å². The molecule has 0 heterocycles. The Bertz CT molecular complexity index is 282. The molecule has 2 saturated carbocycles. The Balaban J connectivity index is 1.88. The fraction of sp³-hybridized carbons (Fsp3) is 1.00. The fourth-order valence-corrected chi connectivity index (χ4v) is 4.24. The molecule has 0 radical (unpaired) electrons.